The highest BCUT2D eigenvalue weighted by Crippen LogP contribution is 2.24. The summed E-state index contributed by atoms with van der Waals surface area (Å²) in [4.78, 5) is 0. The Labute approximate surface area is 87.7 Å². The van der Waals surface area contributed by atoms with Gasteiger partial charge in [-0.05, 0) is 6.42 Å². The summed E-state index contributed by atoms with van der Waals surface area (Å²) in [7, 11) is 0. The molecular weight excluding hydrogens is 176 g/mol. The molecule has 84 valence electrons. The fourth-order valence-corrected chi connectivity index (χ4v) is 2.03. The standard InChI is InChI=1S/C12H24O2/c1-2-3-4-5-6-7-8-12(13)9-10-14-11-12/h13H,2-11H2,1H3. The van der Waals surface area contributed by atoms with Crippen molar-refractivity contribution in [2.24, 2.45) is 0 Å². The summed E-state index contributed by atoms with van der Waals surface area (Å²) in [6.45, 7) is 3.53. The molecule has 1 fully saturated rings. The average molecular weight is 200 g/mol. The number of hydrogen-bond donors (Lipinski definition) is 1. The third-order valence-electron chi connectivity index (χ3n) is 3.08. The van der Waals surface area contributed by atoms with Crippen molar-refractivity contribution < 1.29 is 9.84 Å². The Bertz CT molecular complexity index is 139. The maximum atomic E-state index is 9.97. The van der Waals surface area contributed by atoms with Gasteiger partial charge in [0, 0.05) is 13.0 Å². The first kappa shape index (κ1) is 12.0. The average Bonchev–Trinajstić information content (AvgIpc) is 2.59. The molecule has 1 heterocycles. The zero-order valence-electron chi connectivity index (χ0n) is 9.43. The number of aliphatic hydroxyl groups is 1. The van der Waals surface area contributed by atoms with Gasteiger partial charge >= 0.3 is 0 Å². The van der Waals surface area contributed by atoms with Crippen LogP contribution in [0.25, 0.3) is 0 Å². The summed E-state index contributed by atoms with van der Waals surface area (Å²) in [6.07, 6.45) is 9.52. The van der Waals surface area contributed by atoms with Gasteiger partial charge in [0.1, 0.15) is 0 Å². The van der Waals surface area contributed by atoms with Crippen LogP contribution in [-0.4, -0.2) is 23.9 Å². The minimum Gasteiger partial charge on any atom is -0.387 e. The van der Waals surface area contributed by atoms with E-state index < -0.39 is 5.60 Å². The van der Waals surface area contributed by atoms with Crippen LogP contribution in [-0.2, 0) is 4.74 Å². The Morgan fingerprint density at radius 1 is 1.14 bits per heavy atom. The van der Waals surface area contributed by atoms with Crippen LogP contribution < -0.4 is 0 Å². The van der Waals surface area contributed by atoms with E-state index in [-0.39, 0.29) is 0 Å². The van der Waals surface area contributed by atoms with Crippen LogP contribution in [0.1, 0.15) is 58.3 Å². The summed E-state index contributed by atoms with van der Waals surface area (Å²) in [5, 5.41) is 9.97. The largest absolute Gasteiger partial charge is 0.387 e. The van der Waals surface area contributed by atoms with Crippen molar-refractivity contribution in [3.05, 3.63) is 0 Å². The molecule has 0 aromatic carbocycles. The molecule has 1 atom stereocenters. The topological polar surface area (TPSA) is 29.5 Å². The monoisotopic (exact) mass is 200 g/mol. The molecule has 1 saturated heterocycles. The molecule has 1 aliphatic rings. The summed E-state index contributed by atoms with van der Waals surface area (Å²) < 4.78 is 5.21. The molecule has 1 unspecified atom stereocenters. The highest BCUT2D eigenvalue weighted by Gasteiger charge is 2.31. The highest BCUT2D eigenvalue weighted by atomic mass is 16.5. The molecule has 0 saturated carbocycles. The Morgan fingerprint density at radius 3 is 2.50 bits per heavy atom. The fraction of sp³-hybridized carbons (Fsp3) is 1.00. The van der Waals surface area contributed by atoms with E-state index in [2.05, 4.69) is 6.92 Å². The Morgan fingerprint density at radius 2 is 1.86 bits per heavy atom. The lowest BCUT2D eigenvalue weighted by molar-refractivity contribution is 0.0171. The van der Waals surface area contributed by atoms with Crippen LogP contribution in [0, 0.1) is 0 Å². The van der Waals surface area contributed by atoms with E-state index >= 15 is 0 Å². The summed E-state index contributed by atoms with van der Waals surface area (Å²) in [6, 6.07) is 0. The molecule has 0 aromatic heterocycles. The minimum absolute atomic E-state index is 0.481. The molecule has 1 aliphatic heterocycles. The second-order valence-corrected chi connectivity index (χ2v) is 4.54. The molecular formula is C12H24O2. The first-order chi connectivity index (χ1) is 6.77. The van der Waals surface area contributed by atoms with Crippen LogP contribution in [0.2, 0.25) is 0 Å². The quantitative estimate of drug-likeness (QED) is 0.640. The van der Waals surface area contributed by atoms with Gasteiger partial charge in [0.05, 0.1) is 12.2 Å². The molecule has 2 heteroatoms. The van der Waals surface area contributed by atoms with E-state index in [4.69, 9.17) is 4.74 Å². The van der Waals surface area contributed by atoms with Crippen LogP contribution >= 0.6 is 0 Å². The fourth-order valence-electron chi connectivity index (χ4n) is 2.03. The molecule has 1 rings (SSSR count). The van der Waals surface area contributed by atoms with Crippen LogP contribution in [0.3, 0.4) is 0 Å². The lowest BCUT2D eigenvalue weighted by Crippen LogP contribution is -2.28. The summed E-state index contributed by atoms with van der Waals surface area (Å²) in [5.74, 6) is 0. The minimum atomic E-state index is -0.481. The Hall–Kier alpha value is -0.0800. The molecule has 2 nitrogen and oxygen atoms in total. The smallest absolute Gasteiger partial charge is 0.0902 e. The first-order valence-corrected chi connectivity index (χ1v) is 6.07. The van der Waals surface area contributed by atoms with E-state index in [1.165, 1.54) is 32.1 Å². The van der Waals surface area contributed by atoms with Gasteiger partial charge in [-0.15, -0.1) is 0 Å². The molecule has 0 spiro atoms. The SMILES string of the molecule is CCCCCCCCC1(O)CCOC1. The predicted octanol–water partition coefficient (Wildman–Crippen LogP) is 2.89. The third-order valence-corrected chi connectivity index (χ3v) is 3.08. The van der Waals surface area contributed by atoms with Crippen LogP contribution in [0.4, 0.5) is 0 Å². The molecule has 0 aliphatic carbocycles. The van der Waals surface area contributed by atoms with E-state index in [0.29, 0.717) is 6.61 Å². The van der Waals surface area contributed by atoms with Crippen molar-refractivity contribution in [1.82, 2.24) is 0 Å². The molecule has 1 N–H and O–H groups in total. The van der Waals surface area contributed by atoms with Crippen molar-refractivity contribution in [2.45, 2.75) is 63.9 Å². The van der Waals surface area contributed by atoms with E-state index in [0.717, 1.165) is 25.9 Å². The number of unbranched alkanes of at least 4 members (excludes halogenated alkanes) is 5. The lowest BCUT2D eigenvalue weighted by Gasteiger charge is -2.19. The van der Waals surface area contributed by atoms with E-state index in [1.54, 1.807) is 0 Å². The van der Waals surface area contributed by atoms with Crippen molar-refractivity contribution in [1.29, 1.82) is 0 Å². The number of rotatable bonds is 7. The normalized spacial score (nSPS) is 27.0. The van der Waals surface area contributed by atoms with Crippen LogP contribution in [0.5, 0.6) is 0 Å². The zero-order valence-corrected chi connectivity index (χ0v) is 9.43. The van der Waals surface area contributed by atoms with E-state index in [9.17, 15) is 5.11 Å². The Balaban J connectivity index is 1.92. The number of ether oxygens (including phenoxy) is 1. The molecule has 14 heavy (non-hydrogen) atoms. The second kappa shape index (κ2) is 6.41. The van der Waals surface area contributed by atoms with Gasteiger partial charge in [-0.25, -0.2) is 0 Å². The molecule has 0 aromatic rings. The molecule has 0 radical (unpaired) electrons. The molecule has 0 amide bonds. The van der Waals surface area contributed by atoms with Gasteiger partial charge in [-0.2, -0.15) is 0 Å². The van der Waals surface area contributed by atoms with E-state index in [1.807, 2.05) is 0 Å². The Kier molecular flexibility index (Phi) is 5.49. The number of hydrogen-bond acceptors (Lipinski definition) is 2. The summed E-state index contributed by atoms with van der Waals surface area (Å²) in [5.41, 5.74) is -0.481. The maximum absolute atomic E-state index is 9.97. The van der Waals surface area contributed by atoms with Crippen molar-refractivity contribution in [3.63, 3.8) is 0 Å². The predicted molar refractivity (Wildman–Crippen MR) is 58.4 cm³/mol. The van der Waals surface area contributed by atoms with Gasteiger partial charge in [-0.3, -0.25) is 0 Å². The van der Waals surface area contributed by atoms with Gasteiger partial charge in [-0.1, -0.05) is 45.4 Å². The third kappa shape index (κ3) is 4.43. The van der Waals surface area contributed by atoms with Crippen LogP contribution in [0.15, 0.2) is 0 Å². The second-order valence-electron chi connectivity index (χ2n) is 4.54. The van der Waals surface area contributed by atoms with Gasteiger partial charge in [0.25, 0.3) is 0 Å². The van der Waals surface area contributed by atoms with Gasteiger partial charge < -0.3 is 9.84 Å². The van der Waals surface area contributed by atoms with Gasteiger partial charge in [0.15, 0.2) is 0 Å². The van der Waals surface area contributed by atoms with Crippen molar-refractivity contribution in [2.75, 3.05) is 13.2 Å². The van der Waals surface area contributed by atoms with Crippen molar-refractivity contribution >= 4 is 0 Å². The first-order valence-electron chi connectivity index (χ1n) is 6.07. The summed E-state index contributed by atoms with van der Waals surface area (Å²) >= 11 is 0. The molecule has 0 bridgehead atoms. The van der Waals surface area contributed by atoms with Gasteiger partial charge in [0.2, 0.25) is 0 Å². The highest BCUT2D eigenvalue weighted by molar-refractivity contribution is 4.82. The van der Waals surface area contributed by atoms with Crippen molar-refractivity contribution in [3.8, 4) is 0 Å². The maximum Gasteiger partial charge on any atom is 0.0902 e. The lowest BCUT2D eigenvalue weighted by atomic mass is 9.95. The zero-order chi connectivity index (χ0) is 10.3.